The molecule has 1 aromatic rings. The first-order valence-corrected chi connectivity index (χ1v) is 4.95. The molecule has 0 bridgehead atoms. The summed E-state index contributed by atoms with van der Waals surface area (Å²) in [5.74, 6) is 0.526. The van der Waals surface area contributed by atoms with Gasteiger partial charge in [-0.1, -0.05) is 5.10 Å². The summed E-state index contributed by atoms with van der Waals surface area (Å²) >= 11 is 0. The van der Waals surface area contributed by atoms with Crippen molar-refractivity contribution in [2.45, 2.75) is 6.61 Å². The predicted molar refractivity (Wildman–Crippen MR) is 50.5 cm³/mol. The van der Waals surface area contributed by atoms with Crippen molar-refractivity contribution >= 4 is 6.01 Å². The fourth-order valence-electron chi connectivity index (χ4n) is 2.03. The third-order valence-electron chi connectivity index (χ3n) is 2.86. The van der Waals surface area contributed by atoms with E-state index in [2.05, 4.69) is 15.1 Å². The molecule has 0 atom stereocenters. The molecule has 82 valence electrons. The van der Waals surface area contributed by atoms with Gasteiger partial charge in [-0.25, -0.2) is 0 Å². The van der Waals surface area contributed by atoms with Crippen molar-refractivity contribution in [3.63, 3.8) is 0 Å². The van der Waals surface area contributed by atoms with E-state index in [1.165, 1.54) is 0 Å². The number of methoxy groups -OCH3 is 1. The van der Waals surface area contributed by atoms with Crippen LogP contribution in [0.2, 0.25) is 0 Å². The van der Waals surface area contributed by atoms with E-state index in [0.717, 1.165) is 26.3 Å². The van der Waals surface area contributed by atoms with Crippen molar-refractivity contribution in [2.75, 3.05) is 38.3 Å². The highest BCUT2D eigenvalue weighted by molar-refractivity contribution is 5.33. The molecule has 1 spiro atoms. The van der Waals surface area contributed by atoms with Gasteiger partial charge >= 0.3 is 6.01 Å². The molecule has 1 aromatic heterocycles. The van der Waals surface area contributed by atoms with Crippen LogP contribution in [0.15, 0.2) is 4.42 Å². The van der Waals surface area contributed by atoms with Crippen LogP contribution in [0.25, 0.3) is 0 Å². The SMILES string of the molecule is COCc1nnc(N2CC3(COC3)C2)o1. The summed E-state index contributed by atoms with van der Waals surface area (Å²) in [7, 11) is 1.61. The van der Waals surface area contributed by atoms with Gasteiger partial charge in [0.15, 0.2) is 0 Å². The van der Waals surface area contributed by atoms with E-state index in [0.29, 0.717) is 23.9 Å². The largest absolute Gasteiger partial charge is 0.405 e. The second kappa shape index (κ2) is 3.18. The zero-order valence-corrected chi connectivity index (χ0v) is 8.60. The molecular weight excluding hydrogens is 198 g/mol. The van der Waals surface area contributed by atoms with E-state index in [1.54, 1.807) is 7.11 Å². The second-order valence-corrected chi connectivity index (χ2v) is 4.26. The minimum atomic E-state index is 0.370. The molecule has 2 aliphatic rings. The second-order valence-electron chi connectivity index (χ2n) is 4.26. The Morgan fingerprint density at radius 1 is 1.40 bits per heavy atom. The number of hydrogen-bond acceptors (Lipinski definition) is 6. The number of rotatable bonds is 3. The van der Waals surface area contributed by atoms with E-state index in [4.69, 9.17) is 13.9 Å². The minimum Gasteiger partial charge on any atom is -0.405 e. The first kappa shape index (κ1) is 9.11. The Labute approximate surface area is 87.2 Å². The quantitative estimate of drug-likeness (QED) is 0.704. The molecule has 0 aliphatic carbocycles. The number of aromatic nitrogens is 2. The molecule has 0 aromatic carbocycles. The summed E-state index contributed by atoms with van der Waals surface area (Å²) in [4.78, 5) is 2.08. The van der Waals surface area contributed by atoms with Gasteiger partial charge in [0, 0.05) is 20.2 Å². The van der Waals surface area contributed by atoms with Gasteiger partial charge in [0.1, 0.15) is 6.61 Å². The summed E-state index contributed by atoms with van der Waals surface area (Å²) < 4.78 is 15.5. The third kappa shape index (κ3) is 1.40. The molecule has 15 heavy (non-hydrogen) atoms. The summed E-state index contributed by atoms with van der Waals surface area (Å²) in [5.41, 5.74) is 0.371. The van der Waals surface area contributed by atoms with Crippen molar-refractivity contribution in [1.29, 1.82) is 0 Å². The number of nitrogens with zero attached hydrogens (tertiary/aromatic N) is 3. The number of ether oxygens (including phenoxy) is 2. The van der Waals surface area contributed by atoms with Crippen LogP contribution < -0.4 is 4.90 Å². The monoisotopic (exact) mass is 211 g/mol. The first-order valence-electron chi connectivity index (χ1n) is 4.95. The molecule has 2 fully saturated rings. The average molecular weight is 211 g/mol. The maximum absolute atomic E-state index is 5.43. The topological polar surface area (TPSA) is 60.6 Å². The molecule has 3 heterocycles. The van der Waals surface area contributed by atoms with E-state index in [-0.39, 0.29) is 0 Å². The fraction of sp³-hybridized carbons (Fsp3) is 0.778. The summed E-state index contributed by atoms with van der Waals surface area (Å²) in [6.07, 6.45) is 0. The van der Waals surface area contributed by atoms with Crippen LogP contribution in [0.4, 0.5) is 6.01 Å². The maximum Gasteiger partial charge on any atom is 0.318 e. The molecule has 3 rings (SSSR count). The van der Waals surface area contributed by atoms with Crippen LogP contribution in [0.1, 0.15) is 5.89 Å². The van der Waals surface area contributed by atoms with Crippen LogP contribution in [0, 0.1) is 5.41 Å². The molecule has 6 heteroatoms. The zero-order valence-electron chi connectivity index (χ0n) is 8.60. The van der Waals surface area contributed by atoms with Gasteiger partial charge in [0.2, 0.25) is 5.89 Å². The molecule has 0 unspecified atom stereocenters. The lowest BCUT2D eigenvalue weighted by Crippen LogP contribution is -2.66. The van der Waals surface area contributed by atoms with Crippen molar-refractivity contribution < 1.29 is 13.9 Å². The minimum absolute atomic E-state index is 0.370. The van der Waals surface area contributed by atoms with E-state index < -0.39 is 0 Å². The molecule has 2 aliphatic heterocycles. The Morgan fingerprint density at radius 3 is 2.80 bits per heavy atom. The fourth-order valence-corrected chi connectivity index (χ4v) is 2.03. The Hall–Kier alpha value is -1.14. The molecule has 0 N–H and O–H groups in total. The van der Waals surface area contributed by atoms with E-state index in [1.807, 2.05) is 0 Å². The highest BCUT2D eigenvalue weighted by atomic mass is 16.5. The van der Waals surface area contributed by atoms with Crippen LogP contribution in [0.5, 0.6) is 0 Å². The normalized spacial score (nSPS) is 22.6. The van der Waals surface area contributed by atoms with Crippen LogP contribution in [0.3, 0.4) is 0 Å². The average Bonchev–Trinajstić information content (AvgIpc) is 2.48. The van der Waals surface area contributed by atoms with Crippen LogP contribution in [-0.2, 0) is 16.1 Å². The Kier molecular flexibility index (Phi) is 1.93. The van der Waals surface area contributed by atoms with Crippen molar-refractivity contribution in [1.82, 2.24) is 10.2 Å². The lowest BCUT2D eigenvalue weighted by molar-refractivity contribution is -0.128. The highest BCUT2D eigenvalue weighted by Crippen LogP contribution is 2.39. The molecule has 0 amide bonds. The van der Waals surface area contributed by atoms with E-state index in [9.17, 15) is 0 Å². The Bertz CT molecular complexity index is 353. The Morgan fingerprint density at radius 2 is 2.20 bits per heavy atom. The van der Waals surface area contributed by atoms with Gasteiger partial charge in [-0.3, -0.25) is 0 Å². The summed E-state index contributed by atoms with van der Waals surface area (Å²) in [5, 5.41) is 7.86. The van der Waals surface area contributed by atoms with Gasteiger partial charge in [-0.05, 0) is 0 Å². The lowest BCUT2D eigenvalue weighted by atomic mass is 9.78. The van der Waals surface area contributed by atoms with Gasteiger partial charge < -0.3 is 18.8 Å². The maximum atomic E-state index is 5.43. The lowest BCUT2D eigenvalue weighted by Gasteiger charge is -2.54. The number of hydrogen-bond donors (Lipinski definition) is 0. The molecule has 2 saturated heterocycles. The highest BCUT2D eigenvalue weighted by Gasteiger charge is 2.50. The van der Waals surface area contributed by atoms with Crippen molar-refractivity contribution in [3.8, 4) is 0 Å². The van der Waals surface area contributed by atoms with Gasteiger partial charge in [0.25, 0.3) is 0 Å². The van der Waals surface area contributed by atoms with E-state index >= 15 is 0 Å². The van der Waals surface area contributed by atoms with Gasteiger partial charge in [0.05, 0.1) is 18.6 Å². The third-order valence-corrected chi connectivity index (χ3v) is 2.86. The Balaban J connectivity index is 1.62. The molecular formula is C9H13N3O3. The number of anilines is 1. The van der Waals surface area contributed by atoms with Crippen molar-refractivity contribution in [2.24, 2.45) is 5.41 Å². The van der Waals surface area contributed by atoms with Gasteiger partial charge in [-0.2, -0.15) is 0 Å². The molecule has 0 saturated carbocycles. The summed E-state index contributed by atoms with van der Waals surface area (Å²) in [6, 6.07) is 0.597. The standard InChI is InChI=1S/C9H13N3O3/c1-13-2-7-10-11-8(15-7)12-3-9(4-12)5-14-6-9/h2-6H2,1H3. The summed E-state index contributed by atoms with van der Waals surface area (Å²) in [6.45, 7) is 4.02. The first-order chi connectivity index (χ1) is 7.31. The molecule has 6 nitrogen and oxygen atoms in total. The molecule has 0 radical (unpaired) electrons. The predicted octanol–water partition coefficient (Wildman–Crippen LogP) is 0.0526. The zero-order chi connectivity index (χ0) is 10.3. The van der Waals surface area contributed by atoms with Gasteiger partial charge in [-0.15, -0.1) is 5.10 Å². The smallest absolute Gasteiger partial charge is 0.318 e. The van der Waals surface area contributed by atoms with Crippen LogP contribution >= 0.6 is 0 Å². The van der Waals surface area contributed by atoms with Crippen LogP contribution in [-0.4, -0.2) is 43.6 Å². The van der Waals surface area contributed by atoms with Crippen molar-refractivity contribution in [3.05, 3.63) is 5.89 Å².